The van der Waals surface area contributed by atoms with Gasteiger partial charge in [-0.1, -0.05) is 11.1 Å². The summed E-state index contributed by atoms with van der Waals surface area (Å²) in [6.07, 6.45) is 0. The van der Waals surface area contributed by atoms with Gasteiger partial charge in [0.15, 0.2) is 9.84 Å². The molecule has 0 saturated carbocycles. The monoisotopic (exact) mass is 858 g/mol. The van der Waals surface area contributed by atoms with Crippen molar-refractivity contribution < 1.29 is 58.3 Å². The van der Waals surface area contributed by atoms with E-state index in [2.05, 4.69) is 44.1 Å². The van der Waals surface area contributed by atoms with Crippen LogP contribution in [-0.4, -0.2) is 78.6 Å². The summed E-state index contributed by atoms with van der Waals surface area (Å²) >= 11 is 6.80. The fourth-order valence-corrected chi connectivity index (χ4v) is 7.63. The van der Waals surface area contributed by atoms with Crippen molar-refractivity contribution in [3.05, 3.63) is 72.0 Å². The number of aromatic nitrogens is 3. The van der Waals surface area contributed by atoms with Crippen LogP contribution >= 0.6 is 23.6 Å². The molecule has 1 aromatic heterocycles. The third-order valence-electron chi connectivity index (χ3n) is 7.23. The zero-order valence-corrected chi connectivity index (χ0v) is 31.7. The van der Waals surface area contributed by atoms with E-state index >= 15 is 0 Å². The smallest absolute Gasteiger partial charge is 0.397 e. The Bertz CT molecular complexity index is 2600. The van der Waals surface area contributed by atoms with Gasteiger partial charge in [-0.15, -0.1) is 14.6 Å². The molecule has 4 aromatic carbocycles. The van der Waals surface area contributed by atoms with Crippen molar-refractivity contribution in [3.8, 4) is 5.75 Å². The Morgan fingerprint density at radius 1 is 0.945 bits per heavy atom. The van der Waals surface area contributed by atoms with Gasteiger partial charge in [0, 0.05) is 22.8 Å². The van der Waals surface area contributed by atoms with Crippen LogP contribution in [0.3, 0.4) is 0 Å². The molecule has 0 unspecified atom stereocenters. The second kappa shape index (κ2) is 16.9. The average Bonchev–Trinajstić information content (AvgIpc) is 3.10. The SMILES string of the molecule is CCN(c1ccc(S(=O)(=O)CCOS(=O)(=O)O)cc1)c1nc(Cl)nc(Nc2ccc(N=Nc3c(N)ccc4cc(SOOO)cc(O)c34)c(S(=O)(=O)O)c2)n1. The van der Waals surface area contributed by atoms with Crippen LogP contribution in [0, 0.1) is 0 Å². The lowest BCUT2D eigenvalue weighted by Crippen LogP contribution is -2.20. The highest BCUT2D eigenvalue weighted by Gasteiger charge is 2.21. The molecule has 0 saturated heterocycles. The molecule has 0 spiro atoms. The van der Waals surface area contributed by atoms with E-state index in [1.807, 2.05) is 0 Å². The number of sulfone groups is 1. The zero-order valence-electron chi connectivity index (χ0n) is 27.7. The molecule has 21 nitrogen and oxygen atoms in total. The number of aromatic hydroxyl groups is 1. The quantitative estimate of drug-likeness (QED) is 0.0177. The Kier molecular flexibility index (Phi) is 12.7. The third-order valence-corrected chi connectivity index (χ3v) is 11.0. The predicted octanol–water partition coefficient (Wildman–Crippen LogP) is 5.55. The van der Waals surface area contributed by atoms with Gasteiger partial charge in [0.2, 0.25) is 17.2 Å². The number of hydrogen-bond acceptors (Lipinski definition) is 20. The summed E-state index contributed by atoms with van der Waals surface area (Å²) in [6, 6.07) is 14.9. The van der Waals surface area contributed by atoms with Crippen LogP contribution in [0.5, 0.6) is 5.75 Å². The van der Waals surface area contributed by atoms with Crippen molar-refractivity contribution in [2.24, 2.45) is 10.2 Å². The maximum atomic E-state index is 12.6. The van der Waals surface area contributed by atoms with E-state index in [0.29, 0.717) is 28.0 Å². The highest BCUT2D eigenvalue weighted by atomic mass is 35.5. The lowest BCUT2D eigenvalue weighted by atomic mass is 10.1. The van der Waals surface area contributed by atoms with Gasteiger partial charge >= 0.3 is 10.4 Å². The number of nitrogen functional groups attached to an aromatic ring is 1. The molecule has 0 radical (unpaired) electrons. The van der Waals surface area contributed by atoms with E-state index in [0.717, 1.165) is 6.07 Å². The molecular formula is C29H27ClN8O13S4. The lowest BCUT2D eigenvalue weighted by Gasteiger charge is -2.21. The molecule has 0 bridgehead atoms. The van der Waals surface area contributed by atoms with Gasteiger partial charge in [-0.05, 0) is 84.6 Å². The van der Waals surface area contributed by atoms with Crippen molar-refractivity contribution in [1.29, 1.82) is 0 Å². The molecule has 26 heteroatoms. The number of rotatable bonds is 16. The van der Waals surface area contributed by atoms with Crippen molar-refractivity contribution in [2.45, 2.75) is 21.6 Å². The molecule has 1 heterocycles. The molecule has 0 aliphatic heterocycles. The minimum absolute atomic E-state index is 0.00141. The summed E-state index contributed by atoms with van der Waals surface area (Å²) in [5.41, 5.74) is 6.31. The Hall–Kier alpha value is -4.80. The summed E-state index contributed by atoms with van der Waals surface area (Å²) in [7, 11) is -13.7. The highest BCUT2D eigenvalue weighted by Crippen LogP contribution is 2.42. The number of anilines is 5. The molecule has 5 aromatic rings. The Morgan fingerprint density at radius 3 is 2.33 bits per heavy atom. The maximum Gasteiger partial charge on any atom is 0.397 e. The number of phenolic OH excluding ortho intramolecular Hbond substituents is 1. The first-order valence-electron chi connectivity index (χ1n) is 15.0. The van der Waals surface area contributed by atoms with Crippen LogP contribution in [0.25, 0.3) is 10.8 Å². The molecular weight excluding hydrogens is 832 g/mol. The number of fused-ring (bicyclic) bond motifs is 1. The van der Waals surface area contributed by atoms with Gasteiger partial charge in [-0.2, -0.15) is 31.8 Å². The van der Waals surface area contributed by atoms with Gasteiger partial charge in [0.1, 0.15) is 22.0 Å². The maximum absolute atomic E-state index is 12.6. The Morgan fingerprint density at radius 2 is 1.67 bits per heavy atom. The standard InChI is InChI=1S/C29H27ClN8O13S4/c1-2-38(18-5-7-20(8-6-18)53(41,42)12-11-49-55(46,47)48)29-34-27(30)33-28(35-29)32-17-4-10-22(24(14-17)54(43,44)45)36-37-26-21(31)9-3-16-13-19(52-51-50-40)15-23(39)25(16)26/h3-10,13-15,39-40H,2,11-12,31H2,1H3,(H,43,44,45)(H,46,47,48)(H,32,33,34,35). The van der Waals surface area contributed by atoms with E-state index in [-0.39, 0.29) is 62.5 Å². The van der Waals surface area contributed by atoms with E-state index in [9.17, 15) is 34.9 Å². The molecule has 0 aliphatic rings. The average molecular weight is 859 g/mol. The summed E-state index contributed by atoms with van der Waals surface area (Å²) < 4.78 is 98.9. The van der Waals surface area contributed by atoms with Crippen molar-refractivity contribution in [1.82, 2.24) is 15.0 Å². The molecule has 5 rings (SSSR count). The minimum Gasteiger partial charge on any atom is -0.507 e. The fraction of sp³-hybridized carbons (Fsp3) is 0.138. The Labute approximate surface area is 321 Å². The van der Waals surface area contributed by atoms with Gasteiger partial charge in [-0.25, -0.2) is 17.9 Å². The van der Waals surface area contributed by atoms with Crippen molar-refractivity contribution >= 4 is 105 Å². The Balaban J connectivity index is 1.41. The first-order valence-corrected chi connectivity index (χ1v) is 20.6. The van der Waals surface area contributed by atoms with E-state index in [1.54, 1.807) is 19.1 Å². The van der Waals surface area contributed by atoms with Crippen LogP contribution in [0.1, 0.15) is 6.92 Å². The molecule has 0 amide bonds. The first-order chi connectivity index (χ1) is 25.9. The fourth-order valence-electron chi connectivity index (χ4n) is 4.89. The van der Waals surface area contributed by atoms with Gasteiger partial charge in [0.05, 0.1) is 40.4 Å². The van der Waals surface area contributed by atoms with E-state index in [4.69, 9.17) is 27.1 Å². The van der Waals surface area contributed by atoms with E-state index < -0.39 is 47.6 Å². The van der Waals surface area contributed by atoms with Crippen LogP contribution in [0.15, 0.2) is 91.6 Å². The van der Waals surface area contributed by atoms with Crippen LogP contribution in [0.4, 0.5) is 40.3 Å². The summed E-state index contributed by atoms with van der Waals surface area (Å²) in [6.45, 7) is 1.18. The molecule has 0 fully saturated rings. The molecule has 0 aliphatic carbocycles. The zero-order chi connectivity index (χ0) is 40.1. The van der Waals surface area contributed by atoms with Gasteiger partial charge in [0.25, 0.3) is 10.1 Å². The first kappa shape index (κ1) is 41.4. The molecule has 292 valence electrons. The van der Waals surface area contributed by atoms with Crippen molar-refractivity contribution in [3.63, 3.8) is 0 Å². The third kappa shape index (κ3) is 10.5. The number of benzene rings is 4. The predicted molar refractivity (Wildman–Crippen MR) is 198 cm³/mol. The summed E-state index contributed by atoms with van der Waals surface area (Å²) in [5.74, 6) is -1.19. The largest absolute Gasteiger partial charge is 0.507 e. The summed E-state index contributed by atoms with van der Waals surface area (Å²) in [5, 5.41) is 33.9. The van der Waals surface area contributed by atoms with Crippen LogP contribution < -0.4 is 16.0 Å². The second-order valence-corrected chi connectivity index (χ2v) is 16.5. The number of nitrogens with one attached hydrogen (secondary N) is 1. The van der Waals surface area contributed by atoms with Gasteiger partial charge in [-0.3, -0.25) is 9.11 Å². The van der Waals surface area contributed by atoms with Crippen LogP contribution in [-0.2, 0) is 43.9 Å². The second-order valence-electron chi connectivity index (χ2n) is 10.8. The highest BCUT2D eigenvalue weighted by molar-refractivity contribution is 7.94. The molecule has 7 N–H and O–H groups in total. The normalized spacial score (nSPS) is 12.4. The van der Waals surface area contributed by atoms with Crippen molar-refractivity contribution in [2.75, 3.05) is 34.9 Å². The summed E-state index contributed by atoms with van der Waals surface area (Å²) in [4.78, 5) is 13.5. The topological polar surface area (TPSA) is 316 Å². The number of hydrogen-bond donors (Lipinski definition) is 6. The molecule has 0 atom stereocenters. The number of nitrogens with zero attached hydrogens (tertiary/aromatic N) is 6. The number of azo groups is 1. The van der Waals surface area contributed by atoms with Gasteiger partial charge < -0.3 is 21.1 Å². The minimum atomic E-state index is -4.92. The van der Waals surface area contributed by atoms with E-state index in [1.165, 1.54) is 53.4 Å². The van der Waals surface area contributed by atoms with Crippen LogP contribution in [0.2, 0.25) is 5.28 Å². The number of phenols is 1. The number of nitrogens with two attached hydrogens (primary N) is 1. The lowest BCUT2D eigenvalue weighted by molar-refractivity contribution is -0.432. The number of halogens is 1. The molecule has 55 heavy (non-hydrogen) atoms.